The molecule has 0 radical (unpaired) electrons. The van der Waals surface area contributed by atoms with Crippen LogP contribution in [0, 0.1) is 0 Å². The molecule has 1 aromatic heterocycles. The second kappa shape index (κ2) is 6.55. The fourth-order valence-corrected chi connectivity index (χ4v) is 4.13. The predicted molar refractivity (Wildman–Crippen MR) is 80.4 cm³/mol. The van der Waals surface area contributed by atoms with Gasteiger partial charge in [-0.1, -0.05) is 24.2 Å². The number of sulfonamides is 1. The summed E-state index contributed by atoms with van der Waals surface area (Å²) in [5.41, 5.74) is 1.03. The molecule has 0 N–H and O–H groups in total. The van der Waals surface area contributed by atoms with E-state index in [0.29, 0.717) is 24.4 Å². The van der Waals surface area contributed by atoms with Gasteiger partial charge in [-0.3, -0.25) is 0 Å². The Morgan fingerprint density at radius 1 is 1.38 bits per heavy atom. The highest BCUT2D eigenvalue weighted by atomic mass is 32.2. The number of likely N-dealkylation sites (N-methyl/N-ethyl adjacent to an activating group) is 1. The number of hydrogen-bond donors (Lipinski definition) is 0. The second-order valence-electron chi connectivity index (χ2n) is 4.89. The lowest BCUT2D eigenvalue weighted by Gasteiger charge is -2.26. The maximum atomic E-state index is 12.6. The number of aromatic nitrogens is 1. The molecular formula is C14H20N2O4S. The van der Waals surface area contributed by atoms with E-state index in [1.54, 1.807) is 13.2 Å². The van der Waals surface area contributed by atoms with Gasteiger partial charge in [0.2, 0.25) is 10.0 Å². The van der Waals surface area contributed by atoms with Crippen LogP contribution in [0.5, 0.6) is 0 Å². The SMILES string of the molecule is CCN([C@H](C)COC)S(=O)(=O)Cc1noc2ccccc12. The third-order valence-electron chi connectivity index (χ3n) is 3.34. The number of rotatable bonds is 7. The zero-order valence-electron chi connectivity index (χ0n) is 12.4. The summed E-state index contributed by atoms with van der Waals surface area (Å²) in [4.78, 5) is 0. The zero-order chi connectivity index (χ0) is 15.5. The van der Waals surface area contributed by atoms with Gasteiger partial charge in [-0.25, -0.2) is 8.42 Å². The van der Waals surface area contributed by atoms with Gasteiger partial charge in [0.25, 0.3) is 0 Å². The molecule has 0 fully saturated rings. The van der Waals surface area contributed by atoms with E-state index in [9.17, 15) is 8.42 Å². The van der Waals surface area contributed by atoms with Gasteiger partial charge in [-0.15, -0.1) is 0 Å². The van der Waals surface area contributed by atoms with Gasteiger partial charge in [0.05, 0.1) is 6.61 Å². The summed E-state index contributed by atoms with van der Waals surface area (Å²) in [7, 11) is -1.92. The molecule has 2 aromatic rings. The molecule has 2 rings (SSSR count). The van der Waals surface area contributed by atoms with Crippen LogP contribution in [0.4, 0.5) is 0 Å². The highest BCUT2D eigenvalue weighted by Gasteiger charge is 2.28. The van der Waals surface area contributed by atoms with E-state index in [4.69, 9.17) is 9.26 Å². The number of methoxy groups -OCH3 is 1. The molecule has 1 atom stereocenters. The highest BCUT2D eigenvalue weighted by Crippen LogP contribution is 2.21. The monoisotopic (exact) mass is 312 g/mol. The summed E-state index contributed by atoms with van der Waals surface area (Å²) < 4.78 is 36.8. The van der Waals surface area contributed by atoms with Crippen molar-refractivity contribution in [2.24, 2.45) is 0 Å². The molecule has 0 aliphatic carbocycles. The molecule has 116 valence electrons. The van der Waals surface area contributed by atoms with Gasteiger partial charge in [0.1, 0.15) is 11.4 Å². The maximum Gasteiger partial charge on any atom is 0.220 e. The van der Waals surface area contributed by atoms with Crippen molar-refractivity contribution in [2.45, 2.75) is 25.6 Å². The van der Waals surface area contributed by atoms with E-state index in [2.05, 4.69) is 5.16 Å². The zero-order valence-corrected chi connectivity index (χ0v) is 13.3. The summed E-state index contributed by atoms with van der Waals surface area (Å²) in [5, 5.41) is 4.62. The van der Waals surface area contributed by atoms with E-state index in [1.165, 1.54) is 4.31 Å². The average Bonchev–Trinajstić information content (AvgIpc) is 2.82. The first kappa shape index (κ1) is 15.9. The standard InChI is InChI=1S/C14H20N2O4S/c1-4-16(11(2)9-19-3)21(17,18)10-13-12-7-5-6-8-14(12)20-15-13/h5-8,11H,4,9-10H2,1-3H3/t11-/m1/s1. The van der Waals surface area contributed by atoms with Crippen molar-refractivity contribution in [1.29, 1.82) is 0 Å². The van der Waals surface area contributed by atoms with Crippen molar-refractivity contribution in [3.8, 4) is 0 Å². The number of nitrogens with zero attached hydrogens (tertiary/aromatic N) is 2. The highest BCUT2D eigenvalue weighted by molar-refractivity contribution is 7.88. The largest absolute Gasteiger partial charge is 0.383 e. The molecule has 0 amide bonds. The third-order valence-corrected chi connectivity index (χ3v) is 5.31. The van der Waals surface area contributed by atoms with Crippen LogP contribution in [0.2, 0.25) is 0 Å². The first-order valence-electron chi connectivity index (χ1n) is 6.81. The number of para-hydroxylation sites is 1. The van der Waals surface area contributed by atoms with Gasteiger partial charge in [-0.2, -0.15) is 4.31 Å². The quantitative estimate of drug-likeness (QED) is 0.782. The van der Waals surface area contributed by atoms with Crippen molar-refractivity contribution in [2.75, 3.05) is 20.3 Å². The van der Waals surface area contributed by atoms with Crippen molar-refractivity contribution in [3.63, 3.8) is 0 Å². The molecule has 0 bridgehead atoms. The molecule has 0 aliphatic rings. The van der Waals surface area contributed by atoms with E-state index in [-0.39, 0.29) is 11.8 Å². The molecule has 7 heteroatoms. The van der Waals surface area contributed by atoms with E-state index < -0.39 is 10.0 Å². The Bertz CT molecular complexity index is 696. The lowest BCUT2D eigenvalue weighted by atomic mass is 10.2. The topological polar surface area (TPSA) is 72.6 Å². The minimum Gasteiger partial charge on any atom is -0.383 e. The maximum absolute atomic E-state index is 12.6. The molecule has 0 aliphatic heterocycles. The van der Waals surface area contributed by atoms with Crippen LogP contribution < -0.4 is 0 Å². The van der Waals surface area contributed by atoms with Gasteiger partial charge in [0.15, 0.2) is 5.58 Å². The summed E-state index contributed by atoms with van der Waals surface area (Å²) in [6.07, 6.45) is 0. The minimum absolute atomic E-state index is 0.175. The molecule has 1 aromatic carbocycles. The Kier molecular flexibility index (Phi) is 4.97. The second-order valence-corrected chi connectivity index (χ2v) is 6.81. The summed E-state index contributed by atoms with van der Waals surface area (Å²) in [6, 6.07) is 7.02. The first-order valence-corrected chi connectivity index (χ1v) is 8.42. The van der Waals surface area contributed by atoms with Crippen LogP contribution in [-0.2, 0) is 20.5 Å². The van der Waals surface area contributed by atoms with Crippen LogP contribution in [-0.4, -0.2) is 44.2 Å². The molecule has 21 heavy (non-hydrogen) atoms. The number of fused-ring (bicyclic) bond motifs is 1. The molecule has 0 spiro atoms. The van der Waals surface area contributed by atoms with Crippen LogP contribution >= 0.6 is 0 Å². The molecule has 0 unspecified atom stereocenters. The van der Waals surface area contributed by atoms with Gasteiger partial charge < -0.3 is 9.26 Å². The van der Waals surface area contributed by atoms with E-state index in [1.807, 2.05) is 32.0 Å². The lowest BCUT2D eigenvalue weighted by molar-refractivity contribution is 0.142. The van der Waals surface area contributed by atoms with Crippen molar-refractivity contribution in [1.82, 2.24) is 9.46 Å². The molecule has 6 nitrogen and oxygen atoms in total. The molecule has 0 saturated heterocycles. The smallest absolute Gasteiger partial charge is 0.220 e. The Balaban J connectivity index is 2.27. The fourth-order valence-electron chi connectivity index (χ4n) is 2.40. The van der Waals surface area contributed by atoms with Crippen molar-refractivity contribution >= 4 is 21.0 Å². The predicted octanol–water partition coefficient (Wildman–Crippen LogP) is 2.01. The Hall–Kier alpha value is -1.44. The molecule has 0 saturated carbocycles. The van der Waals surface area contributed by atoms with Gasteiger partial charge >= 0.3 is 0 Å². The van der Waals surface area contributed by atoms with Crippen LogP contribution in [0.15, 0.2) is 28.8 Å². The van der Waals surface area contributed by atoms with E-state index >= 15 is 0 Å². The normalized spacial score (nSPS) is 13.9. The van der Waals surface area contributed by atoms with Crippen molar-refractivity contribution < 1.29 is 17.7 Å². The Morgan fingerprint density at radius 2 is 2.10 bits per heavy atom. The average molecular weight is 312 g/mol. The molecule has 1 heterocycles. The summed E-state index contributed by atoms with van der Waals surface area (Å²) in [5.74, 6) is -0.175. The summed E-state index contributed by atoms with van der Waals surface area (Å²) in [6.45, 7) is 4.38. The van der Waals surface area contributed by atoms with Gasteiger partial charge in [0, 0.05) is 25.1 Å². The van der Waals surface area contributed by atoms with Crippen LogP contribution in [0.1, 0.15) is 19.5 Å². The molecular weight excluding hydrogens is 292 g/mol. The van der Waals surface area contributed by atoms with Crippen LogP contribution in [0.25, 0.3) is 11.0 Å². The van der Waals surface area contributed by atoms with Crippen LogP contribution in [0.3, 0.4) is 0 Å². The number of ether oxygens (including phenoxy) is 1. The number of hydrogen-bond acceptors (Lipinski definition) is 5. The summed E-state index contributed by atoms with van der Waals surface area (Å²) >= 11 is 0. The van der Waals surface area contributed by atoms with E-state index in [0.717, 1.165) is 5.39 Å². The lowest BCUT2D eigenvalue weighted by Crippen LogP contribution is -2.41. The minimum atomic E-state index is -3.48. The van der Waals surface area contributed by atoms with Crippen molar-refractivity contribution in [3.05, 3.63) is 30.0 Å². The number of benzene rings is 1. The fraction of sp³-hybridized carbons (Fsp3) is 0.500. The Morgan fingerprint density at radius 3 is 2.76 bits per heavy atom. The third kappa shape index (κ3) is 3.42. The van der Waals surface area contributed by atoms with Gasteiger partial charge in [-0.05, 0) is 19.1 Å². The Labute approximate surface area is 124 Å². The first-order chi connectivity index (χ1) is 9.99.